The van der Waals surface area contributed by atoms with E-state index < -0.39 is 12.0 Å². The lowest BCUT2D eigenvalue weighted by molar-refractivity contribution is -0.146. The molecule has 0 saturated carbocycles. The fourth-order valence-corrected chi connectivity index (χ4v) is 1.84. The highest BCUT2D eigenvalue weighted by Gasteiger charge is 2.38. The zero-order valence-corrected chi connectivity index (χ0v) is 10.5. The van der Waals surface area contributed by atoms with Gasteiger partial charge in [0, 0.05) is 4.47 Å². The summed E-state index contributed by atoms with van der Waals surface area (Å²) < 4.78 is 43.9. The van der Waals surface area contributed by atoms with Gasteiger partial charge in [0.1, 0.15) is 5.75 Å². The molecular formula is C9H6BrF3N4O. The van der Waals surface area contributed by atoms with Crippen LogP contribution in [-0.4, -0.2) is 27.3 Å². The third kappa shape index (κ3) is 2.30. The van der Waals surface area contributed by atoms with Crippen LogP contribution >= 0.6 is 15.9 Å². The van der Waals surface area contributed by atoms with Gasteiger partial charge >= 0.3 is 6.18 Å². The molecule has 5 nitrogen and oxygen atoms in total. The van der Waals surface area contributed by atoms with Crippen LogP contribution in [0.4, 0.5) is 13.2 Å². The molecule has 0 saturated heterocycles. The van der Waals surface area contributed by atoms with Crippen LogP contribution in [0.25, 0.3) is 5.69 Å². The van der Waals surface area contributed by atoms with E-state index in [4.69, 9.17) is 4.74 Å². The fourth-order valence-electron chi connectivity index (χ4n) is 1.31. The van der Waals surface area contributed by atoms with E-state index in [2.05, 4.69) is 31.5 Å². The van der Waals surface area contributed by atoms with E-state index in [-0.39, 0.29) is 5.69 Å². The van der Waals surface area contributed by atoms with Gasteiger partial charge < -0.3 is 4.74 Å². The highest BCUT2D eigenvalue weighted by Crippen LogP contribution is 2.31. The van der Waals surface area contributed by atoms with Crippen molar-refractivity contribution in [3.8, 4) is 11.4 Å². The van der Waals surface area contributed by atoms with Gasteiger partial charge in [-0.05, 0) is 44.6 Å². The van der Waals surface area contributed by atoms with Gasteiger partial charge in [-0.25, -0.2) is 0 Å². The number of alkyl halides is 3. The number of methoxy groups -OCH3 is 1. The van der Waals surface area contributed by atoms with Gasteiger partial charge in [-0.15, -0.1) is 5.10 Å². The topological polar surface area (TPSA) is 52.8 Å². The molecule has 2 aromatic rings. The van der Waals surface area contributed by atoms with Gasteiger partial charge in [0.25, 0.3) is 5.82 Å². The van der Waals surface area contributed by atoms with E-state index in [9.17, 15) is 13.2 Å². The first-order valence-corrected chi connectivity index (χ1v) is 5.42. The van der Waals surface area contributed by atoms with Crippen molar-refractivity contribution >= 4 is 15.9 Å². The highest BCUT2D eigenvalue weighted by atomic mass is 79.9. The predicted octanol–water partition coefficient (Wildman–Crippen LogP) is 2.45. The maximum Gasteiger partial charge on any atom is 0.453 e. The van der Waals surface area contributed by atoms with Crippen molar-refractivity contribution in [2.24, 2.45) is 0 Å². The number of tetrazole rings is 1. The molecule has 0 atom stereocenters. The highest BCUT2D eigenvalue weighted by molar-refractivity contribution is 9.10. The molecule has 96 valence electrons. The second-order valence-corrected chi connectivity index (χ2v) is 4.08. The Kier molecular flexibility index (Phi) is 3.24. The van der Waals surface area contributed by atoms with E-state index in [1.807, 2.05) is 0 Å². The van der Waals surface area contributed by atoms with E-state index in [1.165, 1.54) is 25.3 Å². The first-order valence-electron chi connectivity index (χ1n) is 4.63. The van der Waals surface area contributed by atoms with Gasteiger partial charge in [-0.1, -0.05) is 0 Å². The third-order valence-electron chi connectivity index (χ3n) is 2.11. The van der Waals surface area contributed by atoms with Crippen LogP contribution < -0.4 is 4.74 Å². The zero-order chi connectivity index (χ0) is 13.3. The molecule has 1 aromatic carbocycles. The monoisotopic (exact) mass is 322 g/mol. The maximum atomic E-state index is 12.6. The average molecular weight is 323 g/mol. The van der Waals surface area contributed by atoms with Gasteiger partial charge in [0.05, 0.1) is 12.8 Å². The summed E-state index contributed by atoms with van der Waals surface area (Å²) in [5.41, 5.74) is 0.174. The first kappa shape index (κ1) is 12.8. The van der Waals surface area contributed by atoms with Crippen molar-refractivity contribution < 1.29 is 17.9 Å². The number of rotatable bonds is 2. The average Bonchev–Trinajstić information content (AvgIpc) is 2.77. The molecule has 0 N–H and O–H groups in total. The van der Waals surface area contributed by atoms with Crippen molar-refractivity contribution in [3.05, 3.63) is 28.5 Å². The molecule has 9 heteroatoms. The zero-order valence-electron chi connectivity index (χ0n) is 8.94. The molecule has 0 aliphatic carbocycles. The summed E-state index contributed by atoms with van der Waals surface area (Å²) in [6.45, 7) is 0. The van der Waals surface area contributed by atoms with Crippen LogP contribution in [0.15, 0.2) is 22.7 Å². The molecule has 0 spiro atoms. The first-order chi connectivity index (χ1) is 8.43. The van der Waals surface area contributed by atoms with Crippen LogP contribution in [0.2, 0.25) is 0 Å². The fraction of sp³-hybridized carbons (Fsp3) is 0.222. The Hall–Kier alpha value is -1.64. The molecule has 1 aromatic heterocycles. The number of benzene rings is 1. The Morgan fingerprint density at radius 3 is 2.61 bits per heavy atom. The van der Waals surface area contributed by atoms with Crippen molar-refractivity contribution in [1.82, 2.24) is 20.2 Å². The predicted molar refractivity (Wildman–Crippen MR) is 58.4 cm³/mol. The Morgan fingerprint density at radius 1 is 1.33 bits per heavy atom. The summed E-state index contributed by atoms with van der Waals surface area (Å²) in [5.74, 6) is -0.680. The Morgan fingerprint density at radius 2 is 2.06 bits per heavy atom. The molecule has 0 fully saturated rings. The van der Waals surface area contributed by atoms with E-state index in [1.54, 1.807) is 0 Å². The minimum atomic E-state index is -4.62. The number of ether oxygens (including phenoxy) is 1. The molecule has 0 amide bonds. The number of hydrogen-bond acceptors (Lipinski definition) is 4. The molecule has 0 bridgehead atoms. The number of hydrogen-bond donors (Lipinski definition) is 0. The lowest BCUT2D eigenvalue weighted by Crippen LogP contribution is -2.15. The summed E-state index contributed by atoms with van der Waals surface area (Å²) in [5, 5.41) is 9.35. The largest absolute Gasteiger partial charge is 0.497 e. The molecule has 0 aliphatic heterocycles. The molecule has 1 heterocycles. The second-order valence-electron chi connectivity index (χ2n) is 3.23. The molecule has 0 radical (unpaired) electrons. The summed E-state index contributed by atoms with van der Waals surface area (Å²) in [7, 11) is 1.46. The summed E-state index contributed by atoms with van der Waals surface area (Å²) in [4.78, 5) is 0. The van der Waals surface area contributed by atoms with Crippen molar-refractivity contribution in [1.29, 1.82) is 0 Å². The lowest BCUT2D eigenvalue weighted by Gasteiger charge is -2.09. The summed E-state index contributed by atoms with van der Waals surface area (Å²) in [6.07, 6.45) is -4.62. The SMILES string of the molecule is COc1ccc(-n2nnnc2C(F)(F)F)c(Br)c1. The normalized spacial score (nSPS) is 11.6. The van der Waals surface area contributed by atoms with Gasteiger partial charge in [-0.3, -0.25) is 0 Å². The molecule has 18 heavy (non-hydrogen) atoms. The van der Waals surface area contributed by atoms with E-state index in [0.29, 0.717) is 14.9 Å². The van der Waals surface area contributed by atoms with Crippen molar-refractivity contribution in [2.45, 2.75) is 6.18 Å². The lowest BCUT2D eigenvalue weighted by atomic mass is 10.3. The quantitative estimate of drug-likeness (QED) is 0.852. The van der Waals surface area contributed by atoms with Crippen LogP contribution in [0, 0.1) is 0 Å². The maximum absolute atomic E-state index is 12.6. The van der Waals surface area contributed by atoms with Gasteiger partial charge in [0.15, 0.2) is 0 Å². The molecule has 0 unspecified atom stereocenters. The standard InChI is InChI=1S/C9H6BrF3N4O/c1-18-5-2-3-7(6(10)4-5)17-8(9(11,12)13)14-15-16-17/h2-4H,1H3. The minimum Gasteiger partial charge on any atom is -0.497 e. The van der Waals surface area contributed by atoms with Crippen LogP contribution in [0.1, 0.15) is 5.82 Å². The van der Waals surface area contributed by atoms with Crippen LogP contribution in [0.5, 0.6) is 5.75 Å². The van der Waals surface area contributed by atoms with Crippen molar-refractivity contribution in [3.63, 3.8) is 0 Å². The Bertz CT molecular complexity index is 569. The molecule has 0 aliphatic rings. The summed E-state index contributed by atoms with van der Waals surface area (Å²) >= 11 is 3.15. The Labute approximate surface area is 108 Å². The minimum absolute atomic E-state index is 0.174. The third-order valence-corrected chi connectivity index (χ3v) is 2.74. The number of aromatic nitrogens is 4. The van der Waals surface area contributed by atoms with Gasteiger partial charge in [-0.2, -0.15) is 17.9 Å². The van der Waals surface area contributed by atoms with E-state index >= 15 is 0 Å². The van der Waals surface area contributed by atoms with Crippen molar-refractivity contribution in [2.75, 3.05) is 7.11 Å². The smallest absolute Gasteiger partial charge is 0.453 e. The van der Waals surface area contributed by atoms with Crippen LogP contribution in [0.3, 0.4) is 0 Å². The Balaban J connectivity index is 2.53. The van der Waals surface area contributed by atoms with Crippen LogP contribution in [-0.2, 0) is 6.18 Å². The number of halogens is 4. The molecular weight excluding hydrogens is 317 g/mol. The van der Waals surface area contributed by atoms with Gasteiger partial charge in [0.2, 0.25) is 0 Å². The second kappa shape index (κ2) is 4.56. The van der Waals surface area contributed by atoms with E-state index in [0.717, 1.165) is 0 Å². The number of nitrogens with zero attached hydrogens (tertiary/aromatic N) is 4. The molecule has 2 rings (SSSR count). The summed E-state index contributed by atoms with van der Waals surface area (Å²) in [6, 6.07) is 4.47.